The molecule has 0 bridgehead atoms. The van der Waals surface area contributed by atoms with E-state index in [0.29, 0.717) is 10.7 Å². The van der Waals surface area contributed by atoms with Gasteiger partial charge in [0, 0.05) is 0 Å². The fourth-order valence-corrected chi connectivity index (χ4v) is 1.01. The lowest BCUT2D eigenvalue weighted by Gasteiger charge is -2.04. The van der Waals surface area contributed by atoms with Crippen molar-refractivity contribution in [2.45, 2.75) is 0 Å². The van der Waals surface area contributed by atoms with Gasteiger partial charge in [-0.15, -0.1) is 0 Å². The van der Waals surface area contributed by atoms with Gasteiger partial charge in [0.1, 0.15) is 0 Å². The van der Waals surface area contributed by atoms with Crippen LogP contribution in [0.2, 0.25) is 5.02 Å². The van der Waals surface area contributed by atoms with Gasteiger partial charge in [-0.1, -0.05) is 23.7 Å². The van der Waals surface area contributed by atoms with Crippen LogP contribution in [0.25, 0.3) is 0 Å². The molecule has 1 N–H and O–H groups in total. The van der Waals surface area contributed by atoms with E-state index < -0.39 is 11.9 Å². The maximum Gasteiger partial charge on any atom is 0.396 e. The number of rotatable bonds is 1. The Morgan fingerprint density at radius 1 is 1.36 bits per heavy atom. The highest BCUT2D eigenvalue weighted by molar-refractivity contribution is 6.39. The highest BCUT2D eigenvalue weighted by Crippen LogP contribution is 2.20. The largest absolute Gasteiger partial charge is 0.462 e. The Balaban J connectivity index is 2.75. The monoisotopic (exact) mass is 213 g/mol. The number of methoxy groups -OCH3 is 1. The molecule has 1 aromatic rings. The summed E-state index contributed by atoms with van der Waals surface area (Å²) in [4.78, 5) is 21.8. The van der Waals surface area contributed by atoms with Crippen molar-refractivity contribution >= 4 is 29.2 Å². The topological polar surface area (TPSA) is 55.4 Å². The van der Waals surface area contributed by atoms with Crippen LogP contribution in [0, 0.1) is 0 Å². The number of carbonyl (C=O) groups excluding carboxylic acids is 2. The first-order valence-corrected chi connectivity index (χ1v) is 4.16. The van der Waals surface area contributed by atoms with Gasteiger partial charge in [0.15, 0.2) is 0 Å². The van der Waals surface area contributed by atoms with Crippen molar-refractivity contribution in [1.29, 1.82) is 0 Å². The Morgan fingerprint density at radius 2 is 2.00 bits per heavy atom. The minimum atomic E-state index is -0.954. The van der Waals surface area contributed by atoms with Crippen LogP contribution >= 0.6 is 11.6 Å². The maximum absolute atomic E-state index is 11.1. The van der Waals surface area contributed by atoms with Gasteiger partial charge in [-0.2, -0.15) is 0 Å². The normalized spacial score (nSPS) is 9.29. The van der Waals surface area contributed by atoms with Crippen LogP contribution in [0.1, 0.15) is 0 Å². The zero-order valence-electron chi connectivity index (χ0n) is 7.41. The quantitative estimate of drug-likeness (QED) is 0.568. The van der Waals surface area contributed by atoms with Gasteiger partial charge in [0.05, 0.1) is 17.8 Å². The summed E-state index contributed by atoms with van der Waals surface area (Å²) in [5.74, 6) is -1.80. The number of hydrogen-bond acceptors (Lipinski definition) is 3. The molecule has 5 heteroatoms. The standard InChI is InChI=1S/C9H8ClNO3/c1-14-9(13)8(12)11-7-5-3-2-4-6(7)10/h2-5H,1H3,(H,11,12). The fraction of sp³-hybridized carbons (Fsp3) is 0.111. The molecule has 0 radical (unpaired) electrons. The summed E-state index contributed by atoms with van der Waals surface area (Å²) < 4.78 is 4.23. The van der Waals surface area contributed by atoms with Crippen molar-refractivity contribution in [3.05, 3.63) is 29.3 Å². The molecule has 0 saturated heterocycles. The van der Waals surface area contributed by atoms with Gasteiger partial charge in [-0.25, -0.2) is 4.79 Å². The highest BCUT2D eigenvalue weighted by Gasteiger charge is 2.14. The first-order chi connectivity index (χ1) is 6.65. The van der Waals surface area contributed by atoms with Gasteiger partial charge < -0.3 is 10.1 Å². The number of benzene rings is 1. The van der Waals surface area contributed by atoms with E-state index in [2.05, 4.69) is 10.1 Å². The van der Waals surface area contributed by atoms with Crippen LogP contribution in [0.5, 0.6) is 0 Å². The van der Waals surface area contributed by atoms with Crippen molar-refractivity contribution in [2.24, 2.45) is 0 Å². The number of para-hydroxylation sites is 1. The Morgan fingerprint density at radius 3 is 2.57 bits per heavy atom. The lowest BCUT2D eigenvalue weighted by molar-refractivity contribution is -0.150. The minimum absolute atomic E-state index is 0.366. The molecular weight excluding hydrogens is 206 g/mol. The number of anilines is 1. The van der Waals surface area contributed by atoms with Crippen molar-refractivity contribution in [3.8, 4) is 0 Å². The fourth-order valence-electron chi connectivity index (χ4n) is 0.829. The van der Waals surface area contributed by atoms with E-state index in [4.69, 9.17) is 11.6 Å². The summed E-state index contributed by atoms with van der Waals surface area (Å²) in [6.45, 7) is 0. The molecule has 0 atom stereocenters. The Hall–Kier alpha value is -1.55. The number of halogens is 1. The number of hydrogen-bond donors (Lipinski definition) is 1. The van der Waals surface area contributed by atoms with Crippen molar-refractivity contribution in [1.82, 2.24) is 0 Å². The Kier molecular flexibility index (Phi) is 3.48. The van der Waals surface area contributed by atoms with E-state index in [1.54, 1.807) is 24.3 Å². The van der Waals surface area contributed by atoms with Gasteiger partial charge >= 0.3 is 11.9 Å². The van der Waals surface area contributed by atoms with Crippen molar-refractivity contribution in [2.75, 3.05) is 12.4 Å². The lowest BCUT2D eigenvalue weighted by atomic mass is 10.3. The van der Waals surface area contributed by atoms with Gasteiger partial charge in [0.25, 0.3) is 0 Å². The summed E-state index contributed by atoms with van der Waals surface area (Å²) in [6, 6.07) is 6.60. The molecule has 4 nitrogen and oxygen atoms in total. The molecule has 0 aliphatic carbocycles. The Labute approximate surface area is 85.8 Å². The van der Waals surface area contributed by atoms with Crippen LogP contribution in [0.4, 0.5) is 5.69 Å². The van der Waals surface area contributed by atoms with Gasteiger partial charge in [0.2, 0.25) is 0 Å². The molecule has 0 saturated carbocycles. The molecule has 0 heterocycles. The van der Waals surface area contributed by atoms with Crippen LogP contribution in [0.3, 0.4) is 0 Å². The van der Waals surface area contributed by atoms with E-state index in [1.165, 1.54) is 0 Å². The molecule has 1 amide bonds. The summed E-state index contributed by atoms with van der Waals surface area (Å²) >= 11 is 5.75. The van der Waals surface area contributed by atoms with Crippen molar-refractivity contribution < 1.29 is 14.3 Å². The second-order valence-corrected chi connectivity index (χ2v) is 2.83. The first kappa shape index (κ1) is 10.5. The van der Waals surface area contributed by atoms with E-state index in [9.17, 15) is 9.59 Å². The van der Waals surface area contributed by atoms with Crippen LogP contribution in [0.15, 0.2) is 24.3 Å². The molecule has 14 heavy (non-hydrogen) atoms. The molecule has 0 fully saturated rings. The third-order valence-electron chi connectivity index (χ3n) is 1.49. The summed E-state index contributed by atoms with van der Waals surface area (Å²) in [7, 11) is 1.13. The maximum atomic E-state index is 11.1. The Bertz CT molecular complexity index is 365. The zero-order valence-corrected chi connectivity index (χ0v) is 8.17. The second-order valence-electron chi connectivity index (χ2n) is 2.43. The SMILES string of the molecule is COC(=O)C(=O)Nc1ccccc1Cl. The molecule has 74 valence electrons. The molecule has 0 unspecified atom stereocenters. The predicted octanol–water partition coefficient (Wildman–Crippen LogP) is 1.45. The summed E-state index contributed by atoms with van der Waals surface area (Å²) in [5, 5.41) is 2.68. The van der Waals surface area contributed by atoms with Crippen LogP contribution in [-0.2, 0) is 14.3 Å². The second kappa shape index (κ2) is 4.62. The number of nitrogens with one attached hydrogen (secondary N) is 1. The average molecular weight is 214 g/mol. The summed E-state index contributed by atoms with van der Waals surface area (Å²) in [5.41, 5.74) is 0.379. The molecule has 1 rings (SSSR count). The molecule has 0 aliphatic rings. The van der Waals surface area contributed by atoms with Gasteiger partial charge in [-0.05, 0) is 12.1 Å². The number of esters is 1. The number of ether oxygens (including phenoxy) is 1. The van der Waals surface area contributed by atoms with E-state index in [0.717, 1.165) is 7.11 Å². The minimum Gasteiger partial charge on any atom is -0.462 e. The smallest absolute Gasteiger partial charge is 0.396 e. The van der Waals surface area contributed by atoms with E-state index in [-0.39, 0.29) is 0 Å². The molecule has 0 spiro atoms. The van der Waals surface area contributed by atoms with Crippen LogP contribution in [-0.4, -0.2) is 19.0 Å². The number of amides is 1. The first-order valence-electron chi connectivity index (χ1n) is 3.79. The molecule has 1 aromatic carbocycles. The molecular formula is C9H8ClNO3. The average Bonchev–Trinajstić information content (AvgIpc) is 2.20. The third kappa shape index (κ3) is 2.47. The molecule has 0 aromatic heterocycles. The highest BCUT2D eigenvalue weighted by atomic mass is 35.5. The molecule has 0 aliphatic heterocycles. The van der Waals surface area contributed by atoms with E-state index in [1.807, 2.05) is 0 Å². The third-order valence-corrected chi connectivity index (χ3v) is 1.82. The van der Waals surface area contributed by atoms with E-state index >= 15 is 0 Å². The lowest BCUT2D eigenvalue weighted by Crippen LogP contribution is -2.23. The number of carbonyl (C=O) groups is 2. The van der Waals surface area contributed by atoms with Crippen LogP contribution < -0.4 is 5.32 Å². The zero-order chi connectivity index (χ0) is 10.6. The summed E-state index contributed by atoms with van der Waals surface area (Å²) in [6.07, 6.45) is 0. The predicted molar refractivity (Wildman–Crippen MR) is 52.1 cm³/mol. The van der Waals surface area contributed by atoms with Gasteiger partial charge in [-0.3, -0.25) is 4.79 Å². The van der Waals surface area contributed by atoms with Crippen molar-refractivity contribution in [3.63, 3.8) is 0 Å².